The van der Waals surface area contributed by atoms with Crippen LogP contribution in [0.5, 0.6) is 0 Å². The predicted octanol–water partition coefficient (Wildman–Crippen LogP) is 3.70. The van der Waals surface area contributed by atoms with Crippen molar-refractivity contribution in [2.45, 2.75) is 70.1 Å². The molecule has 0 radical (unpaired) electrons. The van der Waals surface area contributed by atoms with Crippen molar-refractivity contribution in [2.24, 2.45) is 10.9 Å². The first kappa shape index (κ1) is 23.8. The molecule has 3 aliphatic rings. The molecule has 3 saturated heterocycles. The number of aliphatic imine (C=N–C) groups is 1. The lowest BCUT2D eigenvalue weighted by Gasteiger charge is -2.39. The molecule has 0 aliphatic carbocycles. The lowest BCUT2D eigenvalue weighted by molar-refractivity contribution is 0.114. The van der Waals surface area contributed by atoms with E-state index in [1.807, 2.05) is 0 Å². The smallest absolute Gasteiger partial charge is 0.191 e. The molecule has 0 amide bonds. The van der Waals surface area contributed by atoms with Gasteiger partial charge >= 0.3 is 0 Å². The Balaban J connectivity index is 0.00000256. The highest BCUT2D eigenvalue weighted by Crippen LogP contribution is 2.36. The van der Waals surface area contributed by atoms with E-state index in [4.69, 9.17) is 4.99 Å². The number of nitrogens with one attached hydrogen (secondary N) is 2. The zero-order valence-corrected chi connectivity index (χ0v) is 21.1. The van der Waals surface area contributed by atoms with Crippen molar-refractivity contribution in [2.75, 3.05) is 33.2 Å². The van der Waals surface area contributed by atoms with Gasteiger partial charge in [-0.25, -0.2) is 0 Å². The molecule has 1 aromatic rings. The van der Waals surface area contributed by atoms with Crippen molar-refractivity contribution in [1.82, 2.24) is 20.4 Å². The summed E-state index contributed by atoms with van der Waals surface area (Å²) >= 11 is 0. The monoisotopic (exact) mass is 525 g/mol. The number of hydrogen-bond acceptors (Lipinski definition) is 3. The highest BCUT2D eigenvalue weighted by Gasteiger charge is 2.40. The zero-order valence-electron chi connectivity index (χ0n) is 18.7. The van der Waals surface area contributed by atoms with Crippen LogP contribution < -0.4 is 10.6 Å². The average Bonchev–Trinajstić information content (AvgIpc) is 2.95. The number of fused-ring (bicyclic) bond motifs is 2. The van der Waals surface area contributed by atoms with E-state index in [1.165, 1.54) is 57.2 Å². The number of piperidine rings is 2. The van der Waals surface area contributed by atoms with E-state index in [0.29, 0.717) is 24.0 Å². The molecular formula is C24H40IN5. The van der Waals surface area contributed by atoms with Gasteiger partial charge in [-0.2, -0.15) is 0 Å². The lowest BCUT2D eigenvalue weighted by Crippen LogP contribution is -2.52. The molecule has 3 aliphatic heterocycles. The van der Waals surface area contributed by atoms with E-state index in [2.05, 4.69) is 64.7 Å². The maximum absolute atomic E-state index is 4.98. The average molecular weight is 526 g/mol. The van der Waals surface area contributed by atoms with Crippen molar-refractivity contribution < 1.29 is 0 Å². The second kappa shape index (κ2) is 11.7. The lowest BCUT2D eigenvalue weighted by atomic mass is 9.96. The SMILES string of the molecule is CCNC(=NCC1CCCN(C)C1)NC1CC2CCC(C1)N2Cc1ccccc1.I. The second-order valence-electron chi connectivity index (χ2n) is 9.35. The third kappa shape index (κ3) is 6.33. The van der Waals surface area contributed by atoms with Gasteiger partial charge < -0.3 is 15.5 Å². The van der Waals surface area contributed by atoms with Crippen molar-refractivity contribution in [3.8, 4) is 0 Å². The molecule has 5 nitrogen and oxygen atoms in total. The van der Waals surface area contributed by atoms with Crippen LogP contribution in [-0.4, -0.2) is 67.1 Å². The third-order valence-electron chi connectivity index (χ3n) is 7.01. The Morgan fingerprint density at radius 3 is 2.50 bits per heavy atom. The van der Waals surface area contributed by atoms with Gasteiger partial charge in [0, 0.05) is 44.3 Å². The van der Waals surface area contributed by atoms with Gasteiger partial charge in [-0.05, 0) is 70.5 Å². The molecule has 0 saturated carbocycles. The van der Waals surface area contributed by atoms with Gasteiger partial charge in [0.2, 0.25) is 0 Å². The van der Waals surface area contributed by atoms with Gasteiger partial charge in [0.1, 0.15) is 0 Å². The first-order valence-electron chi connectivity index (χ1n) is 11.7. The van der Waals surface area contributed by atoms with Gasteiger partial charge in [-0.3, -0.25) is 9.89 Å². The first-order chi connectivity index (χ1) is 14.2. The van der Waals surface area contributed by atoms with E-state index < -0.39 is 0 Å². The van der Waals surface area contributed by atoms with Gasteiger partial charge in [-0.1, -0.05) is 30.3 Å². The predicted molar refractivity (Wildman–Crippen MR) is 137 cm³/mol. The fraction of sp³-hybridized carbons (Fsp3) is 0.708. The van der Waals surface area contributed by atoms with Crippen molar-refractivity contribution >= 4 is 29.9 Å². The van der Waals surface area contributed by atoms with Crippen LogP contribution in [0.1, 0.15) is 51.0 Å². The van der Waals surface area contributed by atoms with Gasteiger partial charge in [0.05, 0.1) is 0 Å². The normalized spacial score (nSPS) is 30.0. The Morgan fingerprint density at radius 2 is 1.83 bits per heavy atom. The Hall–Kier alpha value is -0.860. The zero-order chi connectivity index (χ0) is 20.1. The topological polar surface area (TPSA) is 42.9 Å². The molecule has 4 rings (SSSR count). The van der Waals surface area contributed by atoms with Crippen molar-refractivity contribution in [1.29, 1.82) is 0 Å². The first-order valence-corrected chi connectivity index (χ1v) is 11.7. The number of nitrogens with zero attached hydrogens (tertiary/aromatic N) is 3. The summed E-state index contributed by atoms with van der Waals surface area (Å²) in [5.41, 5.74) is 1.45. The van der Waals surface area contributed by atoms with E-state index in [-0.39, 0.29) is 24.0 Å². The summed E-state index contributed by atoms with van der Waals surface area (Å²) in [6.07, 6.45) is 7.79. The van der Waals surface area contributed by atoms with Crippen molar-refractivity contribution in [3.63, 3.8) is 0 Å². The summed E-state index contributed by atoms with van der Waals surface area (Å²) in [7, 11) is 2.23. The van der Waals surface area contributed by atoms with Crippen molar-refractivity contribution in [3.05, 3.63) is 35.9 Å². The number of likely N-dealkylation sites (tertiary alicyclic amines) is 1. The summed E-state index contributed by atoms with van der Waals surface area (Å²) in [4.78, 5) is 10.2. The van der Waals surface area contributed by atoms with E-state index in [9.17, 15) is 0 Å². The van der Waals surface area contributed by atoms with Crippen LogP contribution in [0, 0.1) is 5.92 Å². The van der Waals surface area contributed by atoms with E-state index in [1.54, 1.807) is 0 Å². The minimum Gasteiger partial charge on any atom is -0.357 e. The minimum absolute atomic E-state index is 0. The summed E-state index contributed by atoms with van der Waals surface area (Å²) in [6, 6.07) is 12.9. The molecule has 2 bridgehead atoms. The maximum atomic E-state index is 4.98. The number of hydrogen-bond donors (Lipinski definition) is 2. The van der Waals surface area contributed by atoms with Gasteiger partial charge in [-0.15, -0.1) is 24.0 Å². The van der Waals surface area contributed by atoms with Crippen LogP contribution in [0.3, 0.4) is 0 Å². The summed E-state index contributed by atoms with van der Waals surface area (Å²) < 4.78 is 0. The number of guanidine groups is 1. The molecule has 2 N–H and O–H groups in total. The largest absolute Gasteiger partial charge is 0.357 e. The number of rotatable bonds is 6. The fourth-order valence-corrected chi connectivity index (χ4v) is 5.60. The summed E-state index contributed by atoms with van der Waals surface area (Å²) in [5, 5.41) is 7.29. The second-order valence-corrected chi connectivity index (χ2v) is 9.35. The van der Waals surface area contributed by atoms with Crippen LogP contribution in [-0.2, 0) is 6.54 Å². The highest BCUT2D eigenvalue weighted by molar-refractivity contribution is 14.0. The molecular weight excluding hydrogens is 485 g/mol. The molecule has 3 unspecified atom stereocenters. The van der Waals surface area contributed by atoms with Crippen LogP contribution >= 0.6 is 24.0 Å². The number of halogens is 1. The van der Waals surface area contributed by atoms with Crippen LogP contribution in [0.25, 0.3) is 0 Å². The molecule has 168 valence electrons. The Morgan fingerprint density at radius 1 is 1.10 bits per heavy atom. The molecule has 3 heterocycles. The molecule has 0 spiro atoms. The van der Waals surface area contributed by atoms with Gasteiger partial charge in [0.25, 0.3) is 0 Å². The van der Waals surface area contributed by atoms with E-state index >= 15 is 0 Å². The Bertz CT molecular complexity index is 653. The number of benzene rings is 1. The van der Waals surface area contributed by atoms with Crippen LogP contribution in [0.4, 0.5) is 0 Å². The standard InChI is InChI=1S/C24H39N5.HI/c1-3-25-24(26-16-20-10-7-13-28(2)17-20)27-21-14-22-11-12-23(15-21)29(22)18-19-8-5-4-6-9-19;/h4-6,8-9,20-23H,3,7,10-18H2,1-2H3,(H2,25,26,27);1H. The third-order valence-corrected chi connectivity index (χ3v) is 7.01. The molecule has 3 fully saturated rings. The molecule has 3 atom stereocenters. The molecule has 30 heavy (non-hydrogen) atoms. The van der Waals surface area contributed by atoms with Crippen LogP contribution in [0.15, 0.2) is 35.3 Å². The summed E-state index contributed by atoms with van der Waals surface area (Å²) in [6.45, 7) is 7.56. The maximum Gasteiger partial charge on any atom is 0.191 e. The molecule has 1 aromatic carbocycles. The summed E-state index contributed by atoms with van der Waals surface area (Å²) in [5.74, 6) is 1.73. The van der Waals surface area contributed by atoms with E-state index in [0.717, 1.165) is 25.6 Å². The quantitative estimate of drug-likeness (QED) is 0.338. The molecule has 0 aromatic heterocycles. The Labute approximate surface area is 200 Å². The fourth-order valence-electron chi connectivity index (χ4n) is 5.60. The molecule has 6 heteroatoms. The minimum atomic E-state index is 0. The Kier molecular flexibility index (Phi) is 9.26. The van der Waals surface area contributed by atoms with Gasteiger partial charge in [0.15, 0.2) is 5.96 Å². The highest BCUT2D eigenvalue weighted by atomic mass is 127. The van der Waals surface area contributed by atoms with Crippen LogP contribution in [0.2, 0.25) is 0 Å².